The van der Waals surface area contributed by atoms with Gasteiger partial charge < -0.3 is 5.32 Å². The van der Waals surface area contributed by atoms with Gasteiger partial charge >= 0.3 is 0 Å². The number of piperidine rings is 1. The van der Waals surface area contributed by atoms with Gasteiger partial charge in [0.05, 0.1) is 5.75 Å². The number of rotatable bonds is 4. The lowest BCUT2D eigenvalue weighted by molar-refractivity contribution is 0.421. The Morgan fingerprint density at radius 2 is 2.12 bits per heavy atom. The third-order valence-electron chi connectivity index (χ3n) is 3.34. The van der Waals surface area contributed by atoms with Crippen molar-refractivity contribution in [1.29, 1.82) is 0 Å². The second-order valence-electron chi connectivity index (χ2n) is 4.96. The molecule has 0 saturated carbocycles. The zero-order valence-electron chi connectivity index (χ0n) is 10.2. The molecule has 0 aromatic rings. The Morgan fingerprint density at radius 1 is 1.24 bits per heavy atom. The van der Waals surface area contributed by atoms with Crippen LogP contribution in [0.2, 0.25) is 0 Å². The Labute approximate surface area is 108 Å². The maximum absolute atomic E-state index is 12.0. The van der Waals surface area contributed by atoms with Gasteiger partial charge in [-0.3, -0.25) is 0 Å². The van der Waals surface area contributed by atoms with Crippen molar-refractivity contribution in [1.82, 2.24) is 10.0 Å². The molecular formula is C11H22N2O2S2. The van der Waals surface area contributed by atoms with Crippen LogP contribution in [0.15, 0.2) is 0 Å². The number of sulfonamides is 1. The van der Waals surface area contributed by atoms with E-state index < -0.39 is 10.0 Å². The van der Waals surface area contributed by atoms with Crippen molar-refractivity contribution in [3.63, 3.8) is 0 Å². The molecule has 4 nitrogen and oxygen atoms in total. The van der Waals surface area contributed by atoms with Crippen LogP contribution in [0.25, 0.3) is 0 Å². The normalized spacial score (nSPS) is 31.3. The van der Waals surface area contributed by atoms with E-state index in [-0.39, 0.29) is 17.8 Å². The summed E-state index contributed by atoms with van der Waals surface area (Å²) < 4.78 is 26.9. The Bertz CT molecular complexity index is 294. The molecule has 0 aromatic carbocycles. The van der Waals surface area contributed by atoms with Crippen molar-refractivity contribution in [2.75, 3.05) is 23.8 Å². The first-order valence-corrected chi connectivity index (χ1v) is 9.27. The summed E-state index contributed by atoms with van der Waals surface area (Å²) in [6, 6.07) is 0.305. The summed E-state index contributed by atoms with van der Waals surface area (Å²) in [5.41, 5.74) is 0. The molecule has 0 amide bonds. The van der Waals surface area contributed by atoms with Crippen LogP contribution in [0, 0.1) is 0 Å². The molecule has 6 heteroatoms. The van der Waals surface area contributed by atoms with E-state index in [0.29, 0.717) is 0 Å². The van der Waals surface area contributed by atoms with E-state index in [4.69, 9.17) is 0 Å². The highest BCUT2D eigenvalue weighted by molar-refractivity contribution is 7.99. The van der Waals surface area contributed by atoms with Crippen molar-refractivity contribution in [3.05, 3.63) is 0 Å². The second kappa shape index (κ2) is 6.41. The fourth-order valence-corrected chi connectivity index (χ4v) is 5.26. The first-order chi connectivity index (χ1) is 8.16. The van der Waals surface area contributed by atoms with E-state index in [1.165, 1.54) is 12.2 Å². The lowest BCUT2D eigenvalue weighted by Crippen LogP contribution is -2.46. The summed E-state index contributed by atoms with van der Waals surface area (Å²) in [7, 11) is -3.11. The number of thioether (sulfide) groups is 1. The fourth-order valence-electron chi connectivity index (χ4n) is 2.47. The largest absolute Gasteiger partial charge is 0.313 e. The second-order valence-corrected chi connectivity index (χ2v) is 7.91. The molecule has 0 aromatic heterocycles. The Morgan fingerprint density at radius 3 is 2.76 bits per heavy atom. The summed E-state index contributed by atoms with van der Waals surface area (Å²) in [4.78, 5) is 0. The van der Waals surface area contributed by atoms with E-state index in [2.05, 4.69) is 10.0 Å². The van der Waals surface area contributed by atoms with Crippen molar-refractivity contribution in [2.45, 2.75) is 44.2 Å². The first-order valence-electron chi connectivity index (χ1n) is 6.47. The van der Waals surface area contributed by atoms with Gasteiger partial charge in [-0.1, -0.05) is 6.42 Å². The summed E-state index contributed by atoms with van der Waals surface area (Å²) in [5, 5.41) is 3.29. The van der Waals surface area contributed by atoms with Crippen LogP contribution in [-0.2, 0) is 10.0 Å². The highest BCUT2D eigenvalue weighted by Crippen LogP contribution is 2.18. The molecule has 0 spiro atoms. The van der Waals surface area contributed by atoms with Gasteiger partial charge in [0.25, 0.3) is 0 Å². The molecule has 2 atom stereocenters. The molecule has 100 valence electrons. The third-order valence-corrected chi connectivity index (χ3v) is 6.09. The fraction of sp³-hybridized carbons (Fsp3) is 1.00. The predicted molar refractivity (Wildman–Crippen MR) is 72.9 cm³/mol. The monoisotopic (exact) mass is 278 g/mol. The summed E-state index contributed by atoms with van der Waals surface area (Å²) in [5.74, 6) is 2.34. The highest BCUT2D eigenvalue weighted by atomic mass is 32.2. The smallest absolute Gasteiger partial charge is 0.213 e. The Balaban J connectivity index is 1.80. The molecular weight excluding hydrogens is 256 g/mol. The van der Waals surface area contributed by atoms with E-state index in [1.807, 2.05) is 11.8 Å². The lowest BCUT2D eigenvalue weighted by atomic mass is 10.1. The number of hydrogen-bond donors (Lipinski definition) is 2. The average molecular weight is 278 g/mol. The first kappa shape index (κ1) is 13.6. The predicted octanol–water partition coefficient (Wildman–Crippen LogP) is 0.943. The molecule has 2 aliphatic rings. The van der Waals surface area contributed by atoms with Crippen LogP contribution in [0.4, 0.5) is 0 Å². The summed E-state index contributed by atoms with van der Waals surface area (Å²) in [6.45, 7) is 0.958. The van der Waals surface area contributed by atoms with Gasteiger partial charge in [0.15, 0.2) is 0 Å². The molecule has 2 rings (SSSR count). The van der Waals surface area contributed by atoms with Crippen LogP contribution in [0.1, 0.15) is 32.1 Å². The topological polar surface area (TPSA) is 58.2 Å². The zero-order chi connectivity index (χ0) is 12.1. The van der Waals surface area contributed by atoms with E-state index in [0.717, 1.165) is 38.0 Å². The SMILES string of the molecule is O=S(=O)(CC1CCCCN1)NC1CCCSC1. The molecule has 2 heterocycles. The maximum Gasteiger partial charge on any atom is 0.213 e. The zero-order valence-corrected chi connectivity index (χ0v) is 11.8. The van der Waals surface area contributed by atoms with Gasteiger partial charge in [-0.25, -0.2) is 13.1 Å². The molecule has 2 aliphatic heterocycles. The molecule has 17 heavy (non-hydrogen) atoms. The molecule has 2 N–H and O–H groups in total. The highest BCUT2D eigenvalue weighted by Gasteiger charge is 2.24. The Kier molecular flexibility index (Phi) is 5.14. The quantitative estimate of drug-likeness (QED) is 0.804. The minimum absolute atomic E-state index is 0.150. The third kappa shape index (κ3) is 4.77. The molecule has 0 aliphatic carbocycles. The molecule has 0 radical (unpaired) electrons. The van der Waals surface area contributed by atoms with Gasteiger partial charge in [0, 0.05) is 17.8 Å². The van der Waals surface area contributed by atoms with E-state index in [1.54, 1.807) is 0 Å². The van der Waals surface area contributed by atoms with Gasteiger partial charge in [-0.15, -0.1) is 0 Å². The molecule has 2 unspecified atom stereocenters. The van der Waals surface area contributed by atoms with Crippen molar-refractivity contribution < 1.29 is 8.42 Å². The van der Waals surface area contributed by atoms with Crippen LogP contribution in [0.5, 0.6) is 0 Å². The maximum atomic E-state index is 12.0. The number of hydrogen-bond acceptors (Lipinski definition) is 4. The lowest BCUT2D eigenvalue weighted by Gasteiger charge is -2.26. The van der Waals surface area contributed by atoms with Crippen LogP contribution >= 0.6 is 11.8 Å². The van der Waals surface area contributed by atoms with E-state index in [9.17, 15) is 8.42 Å². The van der Waals surface area contributed by atoms with Gasteiger partial charge in [-0.05, 0) is 38.0 Å². The number of nitrogens with one attached hydrogen (secondary N) is 2. The average Bonchev–Trinajstić information content (AvgIpc) is 2.30. The summed E-state index contributed by atoms with van der Waals surface area (Å²) >= 11 is 1.85. The molecule has 2 saturated heterocycles. The van der Waals surface area contributed by atoms with E-state index >= 15 is 0 Å². The van der Waals surface area contributed by atoms with Crippen molar-refractivity contribution in [2.24, 2.45) is 0 Å². The van der Waals surface area contributed by atoms with Gasteiger partial charge in [0.1, 0.15) is 0 Å². The van der Waals surface area contributed by atoms with Crippen LogP contribution in [0.3, 0.4) is 0 Å². The molecule has 2 fully saturated rings. The minimum atomic E-state index is -3.11. The van der Waals surface area contributed by atoms with Gasteiger partial charge in [-0.2, -0.15) is 11.8 Å². The summed E-state index contributed by atoms with van der Waals surface area (Å²) in [6.07, 6.45) is 5.42. The molecule has 0 bridgehead atoms. The van der Waals surface area contributed by atoms with Crippen molar-refractivity contribution in [3.8, 4) is 0 Å². The minimum Gasteiger partial charge on any atom is -0.313 e. The Hall–Kier alpha value is 0.220. The van der Waals surface area contributed by atoms with Crippen LogP contribution < -0.4 is 10.0 Å². The van der Waals surface area contributed by atoms with Crippen molar-refractivity contribution >= 4 is 21.8 Å². The van der Waals surface area contributed by atoms with Gasteiger partial charge in [0.2, 0.25) is 10.0 Å². The standard InChI is InChI=1S/C11H22N2O2S2/c14-17(15,9-11-4-1-2-6-12-11)13-10-5-3-7-16-8-10/h10-13H,1-9H2. The van der Waals surface area contributed by atoms with Crippen LogP contribution in [-0.4, -0.2) is 44.3 Å².